The van der Waals surface area contributed by atoms with Crippen molar-refractivity contribution in [2.75, 3.05) is 5.32 Å². The number of hydrogen-bond acceptors (Lipinski definition) is 4. The number of nitrogens with one attached hydrogen (secondary N) is 1. The van der Waals surface area contributed by atoms with E-state index in [1.807, 2.05) is 47.2 Å². The van der Waals surface area contributed by atoms with Crippen LogP contribution in [0.1, 0.15) is 20.7 Å². The number of rotatable bonds is 4. The maximum atomic E-state index is 12.6. The predicted octanol–water partition coefficient (Wildman–Crippen LogP) is 4.18. The maximum Gasteiger partial charge on any atom is 0.255 e. The molecule has 0 unspecified atom stereocenters. The number of carbonyl (C=O) groups is 2. The van der Waals surface area contributed by atoms with Gasteiger partial charge in [-0.1, -0.05) is 36.4 Å². The molecule has 0 aliphatic heterocycles. The second-order valence-corrected chi connectivity index (χ2v) is 6.86. The minimum Gasteiger partial charge on any atom is -0.545 e. The molecule has 0 saturated carbocycles. The number of aromatic carboxylic acids is 1. The van der Waals surface area contributed by atoms with Crippen LogP contribution in [0.25, 0.3) is 21.9 Å². The number of fused-ring (bicyclic) bond motifs is 1. The van der Waals surface area contributed by atoms with Gasteiger partial charge >= 0.3 is 0 Å². The predicted molar refractivity (Wildman–Crippen MR) is 106 cm³/mol. The van der Waals surface area contributed by atoms with Gasteiger partial charge in [0.1, 0.15) is 0 Å². The Hall–Kier alpha value is -3.44. The second kappa shape index (κ2) is 7.05. The summed E-state index contributed by atoms with van der Waals surface area (Å²) in [5.74, 6) is -1.70. The van der Waals surface area contributed by atoms with E-state index in [2.05, 4.69) is 5.32 Å². The van der Waals surface area contributed by atoms with Gasteiger partial charge in [0.25, 0.3) is 5.91 Å². The Morgan fingerprint density at radius 3 is 2.41 bits per heavy atom. The summed E-state index contributed by atoms with van der Waals surface area (Å²) < 4.78 is 0. The van der Waals surface area contributed by atoms with Crippen LogP contribution in [0.2, 0.25) is 0 Å². The van der Waals surface area contributed by atoms with Gasteiger partial charge in [-0.25, -0.2) is 0 Å². The highest BCUT2D eigenvalue weighted by Gasteiger charge is 2.12. The third kappa shape index (κ3) is 3.45. The molecule has 3 aromatic carbocycles. The van der Waals surface area contributed by atoms with Crippen molar-refractivity contribution in [1.82, 2.24) is 0 Å². The lowest BCUT2D eigenvalue weighted by Gasteiger charge is -2.14. The number of anilines is 1. The van der Waals surface area contributed by atoms with E-state index >= 15 is 0 Å². The van der Waals surface area contributed by atoms with Crippen molar-refractivity contribution in [3.8, 4) is 11.1 Å². The average molecular weight is 372 g/mol. The Morgan fingerprint density at radius 2 is 1.67 bits per heavy atom. The summed E-state index contributed by atoms with van der Waals surface area (Å²) in [6.45, 7) is 0. The van der Waals surface area contributed by atoms with Gasteiger partial charge < -0.3 is 15.2 Å². The first-order valence-electron chi connectivity index (χ1n) is 8.30. The third-order valence-corrected chi connectivity index (χ3v) is 5.04. The van der Waals surface area contributed by atoms with Crippen molar-refractivity contribution in [3.63, 3.8) is 0 Å². The Balaban J connectivity index is 1.66. The molecule has 1 aromatic heterocycles. The van der Waals surface area contributed by atoms with Gasteiger partial charge in [0.2, 0.25) is 0 Å². The lowest BCUT2D eigenvalue weighted by atomic mass is 10.0. The lowest BCUT2D eigenvalue weighted by molar-refractivity contribution is -0.254. The van der Waals surface area contributed by atoms with Gasteiger partial charge in [0.15, 0.2) is 0 Å². The smallest absolute Gasteiger partial charge is 0.255 e. The van der Waals surface area contributed by atoms with E-state index < -0.39 is 5.97 Å². The number of carbonyl (C=O) groups excluding carboxylic acids is 2. The van der Waals surface area contributed by atoms with E-state index in [0.717, 1.165) is 21.9 Å². The summed E-state index contributed by atoms with van der Waals surface area (Å²) in [6.07, 6.45) is 0. The summed E-state index contributed by atoms with van der Waals surface area (Å²) in [5, 5.41) is 20.1. The Kier molecular flexibility index (Phi) is 4.44. The fraction of sp³-hybridized carbons (Fsp3) is 0. The highest BCUT2D eigenvalue weighted by Crippen LogP contribution is 2.27. The van der Waals surface area contributed by atoms with Crippen LogP contribution in [0, 0.1) is 0 Å². The Labute approximate surface area is 159 Å². The van der Waals surface area contributed by atoms with Crippen LogP contribution in [0.15, 0.2) is 77.5 Å². The lowest BCUT2D eigenvalue weighted by Crippen LogP contribution is -2.25. The topological polar surface area (TPSA) is 69.2 Å². The van der Waals surface area contributed by atoms with Crippen molar-refractivity contribution in [3.05, 3.63) is 88.6 Å². The molecule has 0 spiro atoms. The van der Waals surface area contributed by atoms with Crippen LogP contribution in [-0.4, -0.2) is 11.9 Å². The summed E-state index contributed by atoms with van der Waals surface area (Å²) >= 11 is 1.53. The summed E-state index contributed by atoms with van der Waals surface area (Å²) in [4.78, 5) is 24.2. The molecule has 4 aromatic rings. The molecule has 4 rings (SSSR count). The first-order valence-corrected chi connectivity index (χ1v) is 9.24. The van der Waals surface area contributed by atoms with E-state index in [1.165, 1.54) is 17.4 Å². The normalized spacial score (nSPS) is 10.7. The average Bonchev–Trinajstić information content (AvgIpc) is 3.22. The van der Waals surface area contributed by atoms with Crippen LogP contribution >= 0.6 is 11.3 Å². The molecule has 0 aliphatic carbocycles. The van der Waals surface area contributed by atoms with Crippen molar-refractivity contribution in [1.29, 1.82) is 0 Å². The molecule has 1 heterocycles. The minimum atomic E-state index is -1.33. The summed E-state index contributed by atoms with van der Waals surface area (Å²) in [5.41, 5.74) is 2.31. The minimum absolute atomic E-state index is 0.0483. The zero-order valence-corrected chi connectivity index (χ0v) is 15.0. The van der Waals surface area contributed by atoms with E-state index in [1.54, 1.807) is 24.3 Å². The quantitative estimate of drug-likeness (QED) is 0.584. The maximum absolute atomic E-state index is 12.6. The first kappa shape index (κ1) is 17.0. The van der Waals surface area contributed by atoms with Crippen LogP contribution < -0.4 is 10.4 Å². The fourth-order valence-electron chi connectivity index (χ4n) is 2.96. The highest BCUT2D eigenvalue weighted by molar-refractivity contribution is 7.08. The van der Waals surface area contributed by atoms with Gasteiger partial charge in [-0.3, -0.25) is 4.79 Å². The molecule has 4 nitrogen and oxygen atoms in total. The zero-order valence-electron chi connectivity index (χ0n) is 14.1. The standard InChI is InChI=1S/C22H15NO3S/c24-21(17-6-5-14-3-1-2-4-15(14)11-17)23-20-8-7-16(12-19(20)22(25)26)18-9-10-27-13-18/h1-13H,(H,23,24)(H,25,26)/p-1. The molecule has 0 fully saturated rings. The van der Waals surface area contributed by atoms with Gasteiger partial charge in [-0.15, -0.1) is 0 Å². The molecular weight excluding hydrogens is 358 g/mol. The molecule has 0 radical (unpaired) electrons. The van der Waals surface area contributed by atoms with Crippen LogP contribution in [0.4, 0.5) is 5.69 Å². The van der Waals surface area contributed by atoms with Crippen molar-refractivity contribution in [2.24, 2.45) is 0 Å². The van der Waals surface area contributed by atoms with Gasteiger partial charge in [-0.2, -0.15) is 11.3 Å². The molecule has 1 amide bonds. The van der Waals surface area contributed by atoms with E-state index in [-0.39, 0.29) is 17.2 Å². The van der Waals surface area contributed by atoms with Crippen molar-refractivity contribution in [2.45, 2.75) is 0 Å². The Bertz CT molecular complexity index is 1150. The van der Waals surface area contributed by atoms with Gasteiger partial charge in [0, 0.05) is 11.1 Å². The molecule has 1 N–H and O–H groups in total. The number of carboxylic acids is 1. The molecule has 27 heavy (non-hydrogen) atoms. The van der Waals surface area contributed by atoms with E-state index in [4.69, 9.17) is 0 Å². The SMILES string of the molecule is O=C(Nc1ccc(-c2ccsc2)cc1C(=O)[O-])c1ccc2ccccc2c1. The molecule has 0 aliphatic rings. The molecular formula is C22H14NO3S-. The number of hydrogen-bond donors (Lipinski definition) is 1. The van der Waals surface area contributed by atoms with Crippen molar-refractivity contribution >= 4 is 39.7 Å². The fourth-order valence-corrected chi connectivity index (χ4v) is 3.62. The van der Waals surface area contributed by atoms with E-state index in [0.29, 0.717) is 5.56 Å². The monoisotopic (exact) mass is 372 g/mol. The van der Waals surface area contributed by atoms with E-state index in [9.17, 15) is 14.7 Å². The van der Waals surface area contributed by atoms with Crippen LogP contribution in [0.3, 0.4) is 0 Å². The molecule has 0 saturated heterocycles. The molecule has 5 heteroatoms. The molecule has 0 atom stereocenters. The third-order valence-electron chi connectivity index (χ3n) is 4.35. The first-order chi connectivity index (χ1) is 13.1. The highest BCUT2D eigenvalue weighted by atomic mass is 32.1. The summed E-state index contributed by atoms with van der Waals surface area (Å²) in [7, 11) is 0. The largest absolute Gasteiger partial charge is 0.545 e. The number of benzene rings is 3. The Morgan fingerprint density at radius 1 is 0.852 bits per heavy atom. The number of carboxylic acid groups (broad SMARTS) is 1. The number of thiophene rings is 1. The number of amides is 1. The van der Waals surface area contributed by atoms with Gasteiger partial charge in [0.05, 0.1) is 11.7 Å². The van der Waals surface area contributed by atoms with Crippen molar-refractivity contribution < 1.29 is 14.7 Å². The second-order valence-electron chi connectivity index (χ2n) is 6.08. The molecule has 0 bridgehead atoms. The summed E-state index contributed by atoms with van der Waals surface area (Å²) in [6, 6.07) is 19.9. The van der Waals surface area contributed by atoms with Crippen LogP contribution in [0.5, 0.6) is 0 Å². The zero-order chi connectivity index (χ0) is 18.8. The van der Waals surface area contributed by atoms with Crippen LogP contribution in [-0.2, 0) is 0 Å². The van der Waals surface area contributed by atoms with Gasteiger partial charge in [-0.05, 0) is 63.0 Å². The molecule has 132 valence electrons.